The molecule has 3 aromatic heterocycles. The van der Waals surface area contributed by atoms with E-state index >= 15 is 0 Å². The Balaban J connectivity index is 2.04. The van der Waals surface area contributed by atoms with E-state index in [9.17, 15) is 9.59 Å². The second-order valence-corrected chi connectivity index (χ2v) is 6.19. The van der Waals surface area contributed by atoms with Crippen LogP contribution in [0.3, 0.4) is 0 Å². The number of methoxy groups -OCH3 is 2. The van der Waals surface area contributed by atoms with Crippen molar-refractivity contribution in [1.29, 1.82) is 0 Å². The molecule has 1 aromatic carbocycles. The van der Waals surface area contributed by atoms with Crippen molar-refractivity contribution in [2.24, 2.45) is 0 Å². The maximum Gasteiger partial charge on any atom is 0.269 e. The second kappa shape index (κ2) is 7.32. The molecule has 0 N–H and O–H groups in total. The molecular weight excluding hydrogens is 364 g/mol. The zero-order valence-corrected chi connectivity index (χ0v) is 15.4. The van der Waals surface area contributed by atoms with Gasteiger partial charge < -0.3 is 18.3 Å². The molecule has 28 heavy (non-hydrogen) atoms. The molecule has 0 radical (unpaired) electrons. The van der Waals surface area contributed by atoms with Crippen LogP contribution in [-0.4, -0.2) is 30.4 Å². The van der Waals surface area contributed by atoms with Gasteiger partial charge in [-0.25, -0.2) is 0 Å². The summed E-state index contributed by atoms with van der Waals surface area (Å²) in [5, 5.41) is 0.201. The normalized spacial score (nSPS) is 11.4. The highest BCUT2D eigenvalue weighted by molar-refractivity contribution is 5.88. The van der Waals surface area contributed by atoms with Gasteiger partial charge in [-0.3, -0.25) is 14.2 Å². The smallest absolute Gasteiger partial charge is 0.269 e. The molecule has 144 valence electrons. The monoisotopic (exact) mass is 382 g/mol. The maximum absolute atomic E-state index is 13.2. The summed E-state index contributed by atoms with van der Waals surface area (Å²) in [6.07, 6.45) is 2.07. The van der Waals surface area contributed by atoms with Crippen molar-refractivity contribution in [3.05, 3.63) is 57.2 Å². The van der Waals surface area contributed by atoms with Crippen molar-refractivity contribution in [3.8, 4) is 17.3 Å². The van der Waals surface area contributed by atoms with Gasteiger partial charge in [-0.1, -0.05) is 0 Å². The van der Waals surface area contributed by atoms with E-state index < -0.39 is 11.0 Å². The van der Waals surface area contributed by atoms with Gasteiger partial charge in [0.25, 0.3) is 5.56 Å². The first-order valence-electron chi connectivity index (χ1n) is 8.72. The van der Waals surface area contributed by atoms with E-state index in [2.05, 4.69) is 4.98 Å². The molecule has 0 fully saturated rings. The number of aromatic nitrogens is 2. The molecule has 0 aliphatic heterocycles. The number of nitrogens with zero attached hydrogens (tertiary/aromatic N) is 2. The summed E-state index contributed by atoms with van der Waals surface area (Å²) < 4.78 is 22.9. The van der Waals surface area contributed by atoms with E-state index in [1.54, 1.807) is 37.4 Å². The van der Waals surface area contributed by atoms with Gasteiger partial charge >= 0.3 is 0 Å². The van der Waals surface area contributed by atoms with Gasteiger partial charge in [-0.05, 0) is 30.7 Å². The molecule has 0 unspecified atom stereocenters. The summed E-state index contributed by atoms with van der Waals surface area (Å²) in [4.78, 5) is 30.6. The largest absolute Gasteiger partial charge is 0.497 e. The summed E-state index contributed by atoms with van der Waals surface area (Å²) >= 11 is 0. The molecule has 0 atom stereocenters. The lowest BCUT2D eigenvalue weighted by atomic mass is 10.2. The van der Waals surface area contributed by atoms with E-state index in [-0.39, 0.29) is 11.1 Å². The molecule has 0 bridgehead atoms. The quantitative estimate of drug-likeness (QED) is 0.374. The van der Waals surface area contributed by atoms with Crippen molar-refractivity contribution in [2.75, 3.05) is 20.8 Å². The Bertz CT molecular complexity index is 1250. The third-order valence-electron chi connectivity index (χ3n) is 4.47. The van der Waals surface area contributed by atoms with Crippen molar-refractivity contribution in [1.82, 2.24) is 9.55 Å². The zero-order valence-electron chi connectivity index (χ0n) is 15.4. The second-order valence-electron chi connectivity index (χ2n) is 6.19. The fourth-order valence-corrected chi connectivity index (χ4v) is 3.11. The summed E-state index contributed by atoms with van der Waals surface area (Å²) in [5.74, 6) is 1.24. The number of hydrogen-bond acceptors (Lipinski definition) is 7. The van der Waals surface area contributed by atoms with E-state index in [4.69, 9.17) is 18.3 Å². The third kappa shape index (κ3) is 2.97. The molecule has 0 aliphatic rings. The Labute approximate surface area is 158 Å². The van der Waals surface area contributed by atoms with Crippen molar-refractivity contribution in [3.63, 3.8) is 0 Å². The first-order chi connectivity index (χ1) is 13.6. The number of fused-ring (bicyclic) bond motifs is 2. The van der Waals surface area contributed by atoms with Crippen LogP contribution in [0.1, 0.15) is 6.42 Å². The molecule has 8 nitrogen and oxygen atoms in total. The van der Waals surface area contributed by atoms with Crippen molar-refractivity contribution in [2.45, 2.75) is 13.0 Å². The lowest BCUT2D eigenvalue weighted by molar-refractivity contribution is 0.190. The summed E-state index contributed by atoms with van der Waals surface area (Å²) in [5.41, 5.74) is -0.640. The fourth-order valence-electron chi connectivity index (χ4n) is 3.11. The van der Waals surface area contributed by atoms with Crippen LogP contribution >= 0.6 is 0 Å². The van der Waals surface area contributed by atoms with Gasteiger partial charge in [-0.2, -0.15) is 4.98 Å². The Morgan fingerprint density at radius 1 is 1.18 bits per heavy atom. The summed E-state index contributed by atoms with van der Waals surface area (Å²) in [6, 6.07) is 8.21. The topological polar surface area (TPSA) is 96.7 Å². The third-order valence-corrected chi connectivity index (χ3v) is 4.47. The lowest BCUT2D eigenvalue weighted by Crippen LogP contribution is -2.28. The fraction of sp³-hybridized carbons (Fsp3) is 0.250. The first kappa shape index (κ1) is 18.0. The number of benzene rings is 1. The molecule has 0 spiro atoms. The van der Waals surface area contributed by atoms with Crippen LogP contribution in [0.5, 0.6) is 5.75 Å². The van der Waals surface area contributed by atoms with Gasteiger partial charge in [0.2, 0.25) is 11.1 Å². The van der Waals surface area contributed by atoms with Crippen LogP contribution < -0.4 is 15.7 Å². The molecule has 0 aliphatic carbocycles. The van der Waals surface area contributed by atoms with Crippen LogP contribution in [-0.2, 0) is 11.3 Å². The van der Waals surface area contributed by atoms with E-state index in [0.29, 0.717) is 47.9 Å². The molecule has 4 rings (SSSR count). The predicted molar refractivity (Wildman–Crippen MR) is 103 cm³/mol. The molecule has 4 aromatic rings. The van der Waals surface area contributed by atoms with Crippen molar-refractivity contribution < 1.29 is 18.3 Å². The minimum Gasteiger partial charge on any atom is -0.497 e. The molecule has 3 heterocycles. The van der Waals surface area contributed by atoms with E-state index in [1.807, 2.05) is 0 Å². The highest BCUT2D eigenvalue weighted by Crippen LogP contribution is 2.23. The van der Waals surface area contributed by atoms with Gasteiger partial charge in [0.1, 0.15) is 11.3 Å². The average Bonchev–Trinajstić information content (AvgIpc) is 3.23. The van der Waals surface area contributed by atoms with E-state index in [1.165, 1.54) is 17.9 Å². The molecule has 0 saturated carbocycles. The maximum atomic E-state index is 13.2. The Morgan fingerprint density at radius 2 is 2.04 bits per heavy atom. The van der Waals surface area contributed by atoms with Crippen molar-refractivity contribution >= 4 is 22.1 Å². The Kier molecular flexibility index (Phi) is 4.70. The Morgan fingerprint density at radius 3 is 2.75 bits per heavy atom. The number of hydrogen-bond donors (Lipinski definition) is 0. The standard InChI is InChI=1S/C20H18N2O6/c1-25-9-4-8-22-18(14-5-3-10-27-14)21-19-16(20(22)24)17(23)13-7-6-12(26-2)11-15(13)28-19/h3,5-7,10-11H,4,8-9H2,1-2H3. The minimum absolute atomic E-state index is 0.0369. The molecule has 0 amide bonds. The van der Waals surface area contributed by atoms with Crippen LogP contribution in [0.2, 0.25) is 0 Å². The molecule has 8 heteroatoms. The molecular formula is C20H18N2O6. The first-order valence-corrected chi connectivity index (χ1v) is 8.72. The summed E-state index contributed by atoms with van der Waals surface area (Å²) in [7, 11) is 3.11. The van der Waals surface area contributed by atoms with Crippen LogP contribution in [0.25, 0.3) is 33.7 Å². The summed E-state index contributed by atoms with van der Waals surface area (Å²) in [6.45, 7) is 0.792. The number of rotatable bonds is 6. The highest BCUT2D eigenvalue weighted by Gasteiger charge is 2.20. The van der Waals surface area contributed by atoms with Gasteiger partial charge in [0, 0.05) is 26.3 Å². The van der Waals surface area contributed by atoms with Gasteiger partial charge in [0.15, 0.2) is 17.0 Å². The van der Waals surface area contributed by atoms with Gasteiger partial charge in [0.05, 0.1) is 18.8 Å². The van der Waals surface area contributed by atoms with Crippen LogP contribution in [0, 0.1) is 0 Å². The van der Waals surface area contributed by atoms with Gasteiger partial charge in [-0.15, -0.1) is 0 Å². The average molecular weight is 382 g/mol. The SMILES string of the molecule is COCCCn1c(-c2ccco2)nc2oc3cc(OC)ccc3c(=O)c2c1=O. The van der Waals surface area contributed by atoms with Crippen LogP contribution in [0.15, 0.2) is 55.0 Å². The van der Waals surface area contributed by atoms with E-state index in [0.717, 1.165) is 0 Å². The van der Waals surface area contributed by atoms with Crippen LogP contribution in [0.4, 0.5) is 0 Å². The number of ether oxygens (including phenoxy) is 2. The molecule has 0 saturated heterocycles. The zero-order chi connectivity index (χ0) is 19.7. The lowest BCUT2D eigenvalue weighted by Gasteiger charge is -2.11. The Hall–Kier alpha value is -3.39. The minimum atomic E-state index is -0.473. The number of furan rings is 1. The highest BCUT2D eigenvalue weighted by atomic mass is 16.5. The predicted octanol–water partition coefficient (Wildman–Crippen LogP) is 2.81.